The molecule has 1 aliphatic rings. The summed E-state index contributed by atoms with van der Waals surface area (Å²) in [6, 6.07) is 12.1. The first kappa shape index (κ1) is 26.7. The van der Waals surface area contributed by atoms with Gasteiger partial charge in [0.05, 0.1) is 22.8 Å². The summed E-state index contributed by atoms with van der Waals surface area (Å²) in [5, 5.41) is 7.08. The van der Waals surface area contributed by atoms with E-state index in [1.54, 1.807) is 55.1 Å². The first-order valence-corrected chi connectivity index (χ1v) is 13.6. The van der Waals surface area contributed by atoms with Gasteiger partial charge in [-0.3, -0.25) is 4.31 Å². The van der Waals surface area contributed by atoms with Gasteiger partial charge in [0.15, 0.2) is 5.82 Å². The highest BCUT2D eigenvalue weighted by atomic mass is 32.2. The van der Waals surface area contributed by atoms with E-state index in [2.05, 4.69) is 20.4 Å². The van der Waals surface area contributed by atoms with Crippen LogP contribution >= 0.6 is 0 Å². The maximum atomic E-state index is 14.2. The zero-order chi connectivity index (χ0) is 28.3. The van der Waals surface area contributed by atoms with Gasteiger partial charge in [0.2, 0.25) is 0 Å². The van der Waals surface area contributed by atoms with Crippen molar-refractivity contribution in [1.29, 1.82) is 0 Å². The fourth-order valence-electron chi connectivity index (χ4n) is 4.61. The van der Waals surface area contributed by atoms with Gasteiger partial charge in [0.1, 0.15) is 17.8 Å². The van der Waals surface area contributed by atoms with E-state index in [4.69, 9.17) is 0 Å². The van der Waals surface area contributed by atoms with Crippen molar-refractivity contribution in [2.24, 2.45) is 7.05 Å². The second kappa shape index (κ2) is 9.08. The van der Waals surface area contributed by atoms with Crippen molar-refractivity contribution in [2.45, 2.75) is 50.7 Å². The molecule has 12 heteroatoms. The fraction of sp³-hybridized carbons (Fsp3) is 0.296. The zero-order valence-electron chi connectivity index (χ0n) is 22.0. The van der Waals surface area contributed by atoms with Gasteiger partial charge >= 0.3 is 6.18 Å². The molecule has 0 unspecified atom stereocenters. The molecule has 0 bridgehead atoms. The number of benzene rings is 2. The summed E-state index contributed by atoms with van der Waals surface area (Å²) in [6.07, 6.45) is -3.26. The molecule has 0 fully saturated rings. The molecule has 1 N–H and O–H groups in total. The van der Waals surface area contributed by atoms with E-state index in [9.17, 15) is 21.6 Å². The molecule has 0 spiro atoms. The number of hydrogen-bond acceptors (Lipinski definition) is 6. The van der Waals surface area contributed by atoms with E-state index < -0.39 is 21.9 Å². The van der Waals surface area contributed by atoms with Crippen LogP contribution in [0.5, 0.6) is 0 Å². The van der Waals surface area contributed by atoms with Crippen molar-refractivity contribution in [3.05, 3.63) is 77.2 Å². The lowest BCUT2D eigenvalue weighted by Gasteiger charge is -2.27. The summed E-state index contributed by atoms with van der Waals surface area (Å²) >= 11 is 0. The lowest BCUT2D eigenvalue weighted by Crippen LogP contribution is -2.31. The van der Waals surface area contributed by atoms with Gasteiger partial charge in [0, 0.05) is 18.2 Å². The first-order valence-electron chi connectivity index (χ1n) is 12.1. The second-order valence-electron chi connectivity index (χ2n) is 10.5. The Balaban J connectivity index is 1.72. The Bertz CT molecular complexity index is 1670. The third kappa shape index (κ3) is 4.73. The average molecular weight is 557 g/mol. The van der Waals surface area contributed by atoms with Crippen LogP contribution in [-0.2, 0) is 35.2 Å². The Morgan fingerprint density at radius 3 is 2.26 bits per heavy atom. The van der Waals surface area contributed by atoms with E-state index in [-0.39, 0.29) is 22.7 Å². The van der Waals surface area contributed by atoms with E-state index in [0.717, 1.165) is 11.6 Å². The van der Waals surface area contributed by atoms with Crippen LogP contribution < -0.4 is 9.62 Å². The van der Waals surface area contributed by atoms with Crippen LogP contribution in [0.25, 0.3) is 11.4 Å². The summed E-state index contributed by atoms with van der Waals surface area (Å²) in [6.45, 7) is 7.62. The topological polar surface area (TPSA) is 93.0 Å². The van der Waals surface area contributed by atoms with Gasteiger partial charge in [-0.1, -0.05) is 39.0 Å². The van der Waals surface area contributed by atoms with Crippen LogP contribution in [0.4, 0.5) is 30.4 Å². The molecule has 4 aromatic rings. The molecular weight excluding hydrogens is 529 g/mol. The summed E-state index contributed by atoms with van der Waals surface area (Å²) in [5.41, 5.74) is 1.81. The van der Waals surface area contributed by atoms with Gasteiger partial charge in [-0.25, -0.2) is 23.1 Å². The lowest BCUT2D eigenvalue weighted by atomic mass is 9.87. The number of nitrogens with one attached hydrogen (secondary N) is 1. The number of hydrogen-bond donors (Lipinski definition) is 1. The molecule has 8 nitrogen and oxygen atoms in total. The van der Waals surface area contributed by atoms with Crippen LogP contribution in [0.15, 0.2) is 59.8 Å². The number of alkyl halides is 3. The molecule has 204 valence electrons. The van der Waals surface area contributed by atoms with E-state index in [0.29, 0.717) is 33.9 Å². The lowest BCUT2D eigenvalue weighted by molar-refractivity contribution is -0.141. The van der Waals surface area contributed by atoms with Crippen molar-refractivity contribution in [2.75, 3.05) is 9.62 Å². The molecule has 3 heterocycles. The third-order valence-corrected chi connectivity index (χ3v) is 8.54. The Kier molecular flexibility index (Phi) is 6.21. The van der Waals surface area contributed by atoms with Crippen LogP contribution in [0, 0.1) is 6.92 Å². The van der Waals surface area contributed by atoms with Gasteiger partial charge in [-0.15, -0.1) is 0 Å². The maximum absolute atomic E-state index is 14.2. The molecule has 5 rings (SSSR count). The van der Waals surface area contributed by atoms with E-state index in [1.807, 2.05) is 20.8 Å². The Morgan fingerprint density at radius 1 is 0.974 bits per heavy atom. The van der Waals surface area contributed by atoms with Crippen molar-refractivity contribution < 1.29 is 21.6 Å². The Labute approximate surface area is 224 Å². The molecular formula is C27H27F3N6O2S. The van der Waals surface area contributed by atoms with Gasteiger partial charge in [0.25, 0.3) is 10.0 Å². The van der Waals surface area contributed by atoms with Crippen LogP contribution in [-0.4, -0.2) is 28.2 Å². The molecule has 0 radical (unpaired) electrons. The molecule has 0 saturated carbocycles. The number of rotatable bonds is 3. The minimum atomic E-state index is -4.66. The molecule has 0 saturated heterocycles. The number of anilines is 3. The van der Waals surface area contributed by atoms with Gasteiger partial charge in [-0.2, -0.15) is 18.3 Å². The molecule has 0 amide bonds. The highest BCUT2D eigenvalue weighted by Gasteiger charge is 2.36. The number of fused-ring (bicyclic) bond motifs is 2. The van der Waals surface area contributed by atoms with Crippen molar-refractivity contribution >= 4 is 27.2 Å². The molecule has 39 heavy (non-hydrogen) atoms. The smallest absolute Gasteiger partial charge is 0.338 e. The maximum Gasteiger partial charge on any atom is 0.433 e. The number of pyridine rings is 1. The Morgan fingerprint density at radius 2 is 1.67 bits per heavy atom. The van der Waals surface area contributed by atoms with Crippen LogP contribution in [0.3, 0.4) is 0 Å². The molecule has 2 aromatic carbocycles. The normalized spacial score (nSPS) is 13.9. The third-order valence-electron chi connectivity index (χ3n) is 6.78. The monoisotopic (exact) mass is 556 g/mol. The quantitative estimate of drug-likeness (QED) is 0.335. The summed E-state index contributed by atoms with van der Waals surface area (Å²) < 4.78 is 71.5. The molecule has 0 aliphatic carbocycles. The summed E-state index contributed by atoms with van der Waals surface area (Å²) in [7, 11) is -2.44. The van der Waals surface area contributed by atoms with Crippen LogP contribution in [0.2, 0.25) is 0 Å². The predicted molar refractivity (Wildman–Crippen MR) is 142 cm³/mol. The SMILES string of the molecule is Cc1c(-c2ncnn2C)ccc2c1N(S(=O)(=O)c1ccc(C(C)(C)C)cc1)Cc1ccc(C(F)(F)F)nc1N2. The zero-order valence-corrected chi connectivity index (χ0v) is 22.8. The predicted octanol–water partition coefficient (Wildman–Crippen LogP) is 5.95. The molecule has 0 atom stereocenters. The first-order chi connectivity index (χ1) is 18.2. The minimum Gasteiger partial charge on any atom is -0.338 e. The largest absolute Gasteiger partial charge is 0.433 e. The highest BCUT2D eigenvalue weighted by molar-refractivity contribution is 7.92. The van der Waals surface area contributed by atoms with Crippen LogP contribution in [0.1, 0.15) is 43.2 Å². The van der Waals surface area contributed by atoms with Crippen molar-refractivity contribution in [1.82, 2.24) is 19.7 Å². The van der Waals surface area contributed by atoms with Gasteiger partial charge in [-0.05, 0) is 53.8 Å². The van der Waals surface area contributed by atoms with Crippen molar-refractivity contribution in [3.8, 4) is 11.4 Å². The molecule has 1 aliphatic heterocycles. The van der Waals surface area contributed by atoms with Gasteiger partial charge < -0.3 is 5.32 Å². The number of aromatic nitrogens is 4. The standard InChI is InChI=1S/C27H27F3N6O2S/c1-16-20(25-31-15-32-35(25)5)11-12-21-23(16)36(14-17-6-13-22(27(28,29)30)34-24(17)33-21)39(37,38)19-9-7-18(8-10-19)26(2,3)4/h6-13,15H,14H2,1-5H3,(H,33,34). The summed E-state index contributed by atoms with van der Waals surface area (Å²) in [4.78, 5) is 8.17. The van der Waals surface area contributed by atoms with E-state index >= 15 is 0 Å². The minimum absolute atomic E-state index is 0.0577. The molecule has 2 aromatic heterocycles. The van der Waals surface area contributed by atoms with Crippen molar-refractivity contribution in [3.63, 3.8) is 0 Å². The average Bonchev–Trinajstić information content (AvgIpc) is 3.19. The second-order valence-corrected chi connectivity index (χ2v) is 12.3. The highest BCUT2D eigenvalue weighted by Crippen LogP contribution is 2.44. The number of halogens is 3. The summed E-state index contributed by atoms with van der Waals surface area (Å²) in [5.74, 6) is 0.457. The number of sulfonamides is 1. The number of aryl methyl sites for hydroxylation is 1. The van der Waals surface area contributed by atoms with E-state index in [1.165, 1.54) is 16.7 Å². The Hall–Kier alpha value is -3.93. The fourth-order valence-corrected chi connectivity index (χ4v) is 6.13. The number of nitrogens with zero attached hydrogens (tertiary/aromatic N) is 5.